The molecule has 1 heterocycles. The Kier molecular flexibility index (Phi) is 5.80. The number of carbonyl (C=O) groups excluding carboxylic acids is 1. The van der Waals surface area contributed by atoms with E-state index in [0.717, 1.165) is 38.8 Å². The van der Waals surface area contributed by atoms with E-state index in [0.29, 0.717) is 0 Å². The zero-order chi connectivity index (χ0) is 21.8. The Bertz CT molecular complexity index is 1260. The van der Waals surface area contributed by atoms with Gasteiger partial charge >= 0.3 is 6.03 Å². The Balaban J connectivity index is 1.59. The molecule has 0 saturated heterocycles. The highest BCUT2D eigenvalue weighted by Crippen LogP contribution is 2.33. The lowest BCUT2D eigenvalue weighted by molar-refractivity contribution is 0.251. The number of hydrogen-bond acceptors (Lipinski definition) is 3. The number of halogens is 1. The molecule has 31 heavy (non-hydrogen) atoms. The van der Waals surface area contributed by atoms with Gasteiger partial charge in [-0.1, -0.05) is 30.3 Å². The molecule has 0 aliphatic carbocycles. The number of methoxy groups -OCH3 is 1. The average Bonchev–Trinajstić information content (AvgIpc) is 2.79. The van der Waals surface area contributed by atoms with E-state index in [1.165, 1.54) is 12.1 Å². The molecule has 0 saturated carbocycles. The summed E-state index contributed by atoms with van der Waals surface area (Å²) in [6, 6.07) is 17.6. The number of pyridine rings is 1. The highest BCUT2D eigenvalue weighted by molar-refractivity contribution is 5.98. The van der Waals surface area contributed by atoms with Gasteiger partial charge in [-0.3, -0.25) is 4.98 Å². The van der Waals surface area contributed by atoms with Crippen molar-refractivity contribution in [2.24, 2.45) is 0 Å². The van der Waals surface area contributed by atoms with E-state index in [4.69, 9.17) is 4.74 Å². The van der Waals surface area contributed by atoms with Gasteiger partial charge in [0.05, 0.1) is 12.8 Å². The second-order valence-corrected chi connectivity index (χ2v) is 7.17. The van der Waals surface area contributed by atoms with Gasteiger partial charge in [-0.05, 0) is 64.9 Å². The highest BCUT2D eigenvalue weighted by Gasteiger charge is 2.11. The predicted molar refractivity (Wildman–Crippen MR) is 121 cm³/mol. The Morgan fingerprint density at radius 1 is 1.06 bits per heavy atom. The van der Waals surface area contributed by atoms with Crippen molar-refractivity contribution in [3.8, 4) is 16.9 Å². The van der Waals surface area contributed by atoms with Crippen molar-refractivity contribution in [3.63, 3.8) is 0 Å². The number of fused-ring (bicyclic) bond motifs is 1. The predicted octanol–water partition coefficient (Wildman–Crippen LogP) is 5.68. The minimum Gasteiger partial charge on any atom is -0.496 e. The molecule has 2 N–H and O–H groups in total. The second-order valence-electron chi connectivity index (χ2n) is 7.17. The largest absolute Gasteiger partial charge is 0.496 e. The van der Waals surface area contributed by atoms with E-state index < -0.39 is 11.8 Å². The summed E-state index contributed by atoms with van der Waals surface area (Å²) in [4.78, 5) is 16.5. The van der Waals surface area contributed by atoms with Crippen LogP contribution in [-0.2, 0) is 6.54 Å². The lowest BCUT2D eigenvalue weighted by atomic mass is 9.95. The first-order valence-electron chi connectivity index (χ1n) is 9.87. The fourth-order valence-corrected chi connectivity index (χ4v) is 3.61. The zero-order valence-electron chi connectivity index (χ0n) is 17.3. The van der Waals surface area contributed by atoms with Crippen LogP contribution in [0.2, 0.25) is 0 Å². The van der Waals surface area contributed by atoms with Crippen LogP contribution in [-0.4, -0.2) is 18.1 Å². The van der Waals surface area contributed by atoms with E-state index >= 15 is 0 Å². The molecule has 0 spiro atoms. The molecule has 1 aromatic heterocycles. The first-order chi connectivity index (χ1) is 15.1. The smallest absolute Gasteiger partial charge is 0.319 e. The Hall–Kier alpha value is -3.93. The summed E-state index contributed by atoms with van der Waals surface area (Å²) >= 11 is 0. The number of hydrogen-bond donors (Lipinski definition) is 2. The summed E-state index contributed by atoms with van der Waals surface area (Å²) in [5, 5.41) is 7.30. The van der Waals surface area contributed by atoms with Crippen LogP contribution >= 0.6 is 0 Å². The molecule has 3 aromatic carbocycles. The van der Waals surface area contributed by atoms with Crippen LogP contribution in [0.25, 0.3) is 21.9 Å². The number of anilines is 1. The summed E-state index contributed by atoms with van der Waals surface area (Å²) in [6.45, 7) is 2.29. The van der Waals surface area contributed by atoms with Gasteiger partial charge in [0.2, 0.25) is 0 Å². The van der Waals surface area contributed by atoms with Crippen molar-refractivity contribution < 1.29 is 13.9 Å². The summed E-state index contributed by atoms with van der Waals surface area (Å²) in [6.07, 6.45) is 3.55. The van der Waals surface area contributed by atoms with E-state index in [9.17, 15) is 9.18 Å². The maximum atomic E-state index is 13.7. The third-order valence-corrected chi connectivity index (χ3v) is 5.18. The summed E-state index contributed by atoms with van der Waals surface area (Å²) < 4.78 is 19.1. The third-order valence-electron chi connectivity index (χ3n) is 5.18. The topological polar surface area (TPSA) is 63.2 Å². The van der Waals surface area contributed by atoms with Crippen LogP contribution in [0.1, 0.15) is 11.1 Å². The SMILES string of the molecule is COc1ccc(-c2ccc(CNC(=O)Nc3ccccc3F)c3cnccc23)cc1C. The first kappa shape index (κ1) is 20.3. The molecule has 4 aromatic rings. The molecule has 0 fully saturated rings. The quantitative estimate of drug-likeness (QED) is 0.441. The number of para-hydroxylation sites is 1. The van der Waals surface area contributed by atoms with Crippen LogP contribution in [0.3, 0.4) is 0 Å². The summed E-state index contributed by atoms with van der Waals surface area (Å²) in [7, 11) is 1.66. The molecule has 2 amide bonds. The molecule has 5 nitrogen and oxygen atoms in total. The normalized spacial score (nSPS) is 10.7. The van der Waals surface area contributed by atoms with Crippen molar-refractivity contribution >= 4 is 22.5 Å². The fourth-order valence-electron chi connectivity index (χ4n) is 3.61. The molecule has 0 aliphatic rings. The Labute approximate surface area is 179 Å². The Morgan fingerprint density at radius 3 is 2.68 bits per heavy atom. The van der Waals surface area contributed by atoms with Gasteiger partial charge in [-0.15, -0.1) is 0 Å². The monoisotopic (exact) mass is 415 g/mol. The molecular formula is C25H22FN3O2. The van der Waals surface area contributed by atoms with Crippen LogP contribution < -0.4 is 15.4 Å². The van der Waals surface area contributed by atoms with Crippen LogP contribution in [0.15, 0.2) is 73.1 Å². The second kappa shape index (κ2) is 8.83. The molecular weight excluding hydrogens is 393 g/mol. The van der Waals surface area contributed by atoms with Crippen molar-refractivity contribution in [1.29, 1.82) is 0 Å². The number of urea groups is 1. The lowest BCUT2D eigenvalue weighted by Gasteiger charge is -2.14. The number of carbonyl (C=O) groups is 1. The zero-order valence-corrected chi connectivity index (χ0v) is 17.3. The number of rotatable bonds is 5. The van der Waals surface area contributed by atoms with Gasteiger partial charge in [0.1, 0.15) is 11.6 Å². The maximum absolute atomic E-state index is 13.7. The van der Waals surface area contributed by atoms with E-state index in [1.54, 1.807) is 31.6 Å². The number of nitrogens with zero attached hydrogens (tertiary/aromatic N) is 1. The van der Waals surface area contributed by atoms with Crippen molar-refractivity contribution in [3.05, 3.63) is 90.0 Å². The van der Waals surface area contributed by atoms with E-state index in [1.807, 2.05) is 37.3 Å². The third kappa shape index (κ3) is 4.33. The number of aromatic nitrogens is 1. The molecule has 0 atom stereocenters. The molecule has 4 rings (SSSR count). The Morgan fingerprint density at radius 2 is 1.90 bits per heavy atom. The van der Waals surface area contributed by atoms with Crippen LogP contribution in [0.5, 0.6) is 5.75 Å². The summed E-state index contributed by atoms with van der Waals surface area (Å²) in [5.41, 5.74) is 4.25. The summed E-state index contributed by atoms with van der Waals surface area (Å²) in [5.74, 6) is 0.364. The van der Waals surface area contributed by atoms with E-state index in [2.05, 4.69) is 21.7 Å². The number of nitrogens with one attached hydrogen (secondary N) is 2. The molecule has 0 unspecified atom stereocenters. The average molecular weight is 415 g/mol. The van der Waals surface area contributed by atoms with Crippen LogP contribution in [0, 0.1) is 12.7 Å². The molecule has 0 radical (unpaired) electrons. The molecule has 6 heteroatoms. The first-order valence-corrected chi connectivity index (χ1v) is 9.87. The number of amides is 2. The van der Waals surface area contributed by atoms with Crippen molar-refractivity contribution in [2.75, 3.05) is 12.4 Å². The van der Waals surface area contributed by atoms with Gasteiger partial charge in [-0.25, -0.2) is 9.18 Å². The highest BCUT2D eigenvalue weighted by atomic mass is 19.1. The maximum Gasteiger partial charge on any atom is 0.319 e. The van der Waals surface area contributed by atoms with Crippen molar-refractivity contribution in [2.45, 2.75) is 13.5 Å². The number of ether oxygens (including phenoxy) is 1. The van der Waals surface area contributed by atoms with Gasteiger partial charge in [0.25, 0.3) is 0 Å². The van der Waals surface area contributed by atoms with Gasteiger partial charge in [0, 0.05) is 24.3 Å². The van der Waals surface area contributed by atoms with Gasteiger partial charge in [0.15, 0.2) is 0 Å². The molecule has 0 bridgehead atoms. The van der Waals surface area contributed by atoms with Crippen LogP contribution in [0.4, 0.5) is 14.9 Å². The van der Waals surface area contributed by atoms with Gasteiger partial charge in [-0.2, -0.15) is 0 Å². The minimum absolute atomic E-state index is 0.136. The standard InChI is InChI=1S/C25H22FN3O2/c1-16-13-17(8-10-24(16)31-2)19-9-7-18(21-15-27-12-11-20(19)21)14-28-25(30)29-23-6-4-3-5-22(23)26/h3-13,15H,14H2,1-2H3,(H2,28,29,30). The number of benzene rings is 3. The lowest BCUT2D eigenvalue weighted by Crippen LogP contribution is -2.28. The molecule has 0 aliphatic heterocycles. The van der Waals surface area contributed by atoms with Crippen molar-refractivity contribution in [1.82, 2.24) is 10.3 Å². The van der Waals surface area contributed by atoms with Gasteiger partial charge < -0.3 is 15.4 Å². The fraction of sp³-hybridized carbons (Fsp3) is 0.120. The minimum atomic E-state index is -0.480. The number of aryl methyl sites for hydroxylation is 1. The van der Waals surface area contributed by atoms with E-state index in [-0.39, 0.29) is 12.2 Å². The molecule has 156 valence electrons.